The molecule has 4 atom stereocenters. The summed E-state index contributed by atoms with van der Waals surface area (Å²) < 4.78 is 10.5. The van der Waals surface area contributed by atoms with Crippen molar-refractivity contribution in [3.63, 3.8) is 0 Å². The number of ether oxygens (including phenoxy) is 2. The molecule has 2 aliphatic rings. The van der Waals surface area contributed by atoms with Crippen molar-refractivity contribution in [3.8, 4) is 0 Å². The minimum Gasteiger partial charge on any atom is -0.452 e. The maximum atomic E-state index is 12.5. The van der Waals surface area contributed by atoms with E-state index in [0.29, 0.717) is 23.3 Å². The van der Waals surface area contributed by atoms with Crippen molar-refractivity contribution >= 4 is 11.9 Å². The molecule has 4 unspecified atom stereocenters. The zero-order valence-electron chi connectivity index (χ0n) is 13.6. The van der Waals surface area contributed by atoms with Crippen LogP contribution in [0.3, 0.4) is 0 Å². The van der Waals surface area contributed by atoms with E-state index in [1.54, 1.807) is 13.8 Å². The molecule has 0 spiro atoms. The van der Waals surface area contributed by atoms with E-state index in [1.807, 2.05) is 0 Å². The van der Waals surface area contributed by atoms with Crippen LogP contribution in [0.15, 0.2) is 11.3 Å². The van der Waals surface area contributed by atoms with Gasteiger partial charge in [-0.25, -0.2) is 4.79 Å². The van der Waals surface area contributed by atoms with Gasteiger partial charge >= 0.3 is 11.9 Å². The van der Waals surface area contributed by atoms with Crippen molar-refractivity contribution in [3.05, 3.63) is 11.3 Å². The highest BCUT2D eigenvalue weighted by Crippen LogP contribution is 2.39. The number of carbonyl (C=O) groups excluding carboxylic acids is 2. The molecule has 1 saturated carbocycles. The lowest BCUT2D eigenvalue weighted by Gasteiger charge is -2.35. The van der Waals surface area contributed by atoms with Crippen molar-refractivity contribution in [2.75, 3.05) is 0 Å². The van der Waals surface area contributed by atoms with Crippen LogP contribution in [0.2, 0.25) is 0 Å². The van der Waals surface area contributed by atoms with E-state index in [-0.39, 0.29) is 23.8 Å². The molecular formula is C17H26O4. The van der Waals surface area contributed by atoms with Crippen LogP contribution >= 0.6 is 0 Å². The maximum Gasteiger partial charge on any atom is 0.375 e. The molecule has 0 aromatic rings. The molecule has 0 amide bonds. The van der Waals surface area contributed by atoms with Crippen LogP contribution in [-0.4, -0.2) is 18.0 Å². The Morgan fingerprint density at radius 3 is 2.48 bits per heavy atom. The van der Waals surface area contributed by atoms with Gasteiger partial charge in [0.15, 0.2) is 0 Å². The lowest BCUT2D eigenvalue weighted by molar-refractivity contribution is -0.155. The molecule has 0 bridgehead atoms. The smallest absolute Gasteiger partial charge is 0.375 e. The fourth-order valence-electron chi connectivity index (χ4n) is 3.42. The summed E-state index contributed by atoms with van der Waals surface area (Å²) in [4.78, 5) is 24.3. The van der Waals surface area contributed by atoms with E-state index in [4.69, 9.17) is 9.47 Å². The number of esters is 2. The first-order valence-electron chi connectivity index (χ1n) is 7.94. The Bertz CT molecular complexity index is 463. The molecule has 4 heteroatoms. The SMILES string of the molecule is CC1=C(OC(=O)C2CC(C)CCC2C(C)C)C(=O)OC1C. The first-order chi connectivity index (χ1) is 9.81. The van der Waals surface area contributed by atoms with Gasteiger partial charge < -0.3 is 9.47 Å². The predicted molar refractivity (Wildman–Crippen MR) is 79.2 cm³/mol. The maximum absolute atomic E-state index is 12.5. The largest absolute Gasteiger partial charge is 0.452 e. The molecule has 118 valence electrons. The average Bonchev–Trinajstić information content (AvgIpc) is 2.64. The fourth-order valence-corrected chi connectivity index (χ4v) is 3.42. The predicted octanol–water partition coefficient (Wildman–Crippen LogP) is 3.46. The van der Waals surface area contributed by atoms with E-state index in [1.165, 1.54) is 0 Å². The summed E-state index contributed by atoms with van der Waals surface area (Å²) in [5, 5.41) is 0. The molecule has 1 fully saturated rings. The number of carbonyl (C=O) groups is 2. The zero-order valence-corrected chi connectivity index (χ0v) is 13.6. The van der Waals surface area contributed by atoms with Crippen LogP contribution in [0.1, 0.15) is 53.9 Å². The van der Waals surface area contributed by atoms with Crippen molar-refractivity contribution in [2.45, 2.75) is 60.0 Å². The molecule has 21 heavy (non-hydrogen) atoms. The van der Waals surface area contributed by atoms with E-state index in [0.717, 1.165) is 19.3 Å². The van der Waals surface area contributed by atoms with Crippen LogP contribution in [0.4, 0.5) is 0 Å². The van der Waals surface area contributed by atoms with Crippen molar-refractivity contribution in [2.24, 2.45) is 23.7 Å². The van der Waals surface area contributed by atoms with E-state index >= 15 is 0 Å². The first kappa shape index (κ1) is 16.1. The summed E-state index contributed by atoms with van der Waals surface area (Å²) in [7, 11) is 0. The molecule has 0 aromatic heterocycles. The van der Waals surface area contributed by atoms with Crippen molar-refractivity contribution in [1.29, 1.82) is 0 Å². The molecule has 2 rings (SSSR count). The fraction of sp³-hybridized carbons (Fsp3) is 0.765. The van der Waals surface area contributed by atoms with Crippen LogP contribution < -0.4 is 0 Å². The summed E-state index contributed by atoms with van der Waals surface area (Å²) in [5.74, 6) is 0.524. The topological polar surface area (TPSA) is 52.6 Å². The molecule has 4 nitrogen and oxygen atoms in total. The Morgan fingerprint density at radius 1 is 1.29 bits per heavy atom. The number of hydrogen-bond donors (Lipinski definition) is 0. The molecule has 1 aliphatic carbocycles. The first-order valence-corrected chi connectivity index (χ1v) is 7.94. The lowest BCUT2D eigenvalue weighted by atomic mass is 9.70. The summed E-state index contributed by atoms with van der Waals surface area (Å²) in [5.41, 5.74) is 0.707. The third kappa shape index (κ3) is 3.30. The van der Waals surface area contributed by atoms with Gasteiger partial charge in [0.2, 0.25) is 5.76 Å². The minimum absolute atomic E-state index is 0.105. The number of hydrogen-bond acceptors (Lipinski definition) is 4. The monoisotopic (exact) mass is 294 g/mol. The molecule has 1 aliphatic heterocycles. The Morgan fingerprint density at radius 2 is 1.95 bits per heavy atom. The van der Waals surface area contributed by atoms with E-state index in [9.17, 15) is 9.59 Å². The van der Waals surface area contributed by atoms with Crippen molar-refractivity contribution < 1.29 is 19.1 Å². The van der Waals surface area contributed by atoms with Crippen LogP contribution in [0.25, 0.3) is 0 Å². The van der Waals surface area contributed by atoms with Gasteiger partial charge in [-0.2, -0.15) is 0 Å². The highest BCUT2D eigenvalue weighted by atomic mass is 16.6. The van der Waals surface area contributed by atoms with Gasteiger partial charge in [0.1, 0.15) is 6.10 Å². The van der Waals surface area contributed by atoms with Gasteiger partial charge in [-0.3, -0.25) is 4.79 Å². The molecular weight excluding hydrogens is 268 g/mol. The van der Waals surface area contributed by atoms with Gasteiger partial charge in [0.05, 0.1) is 5.92 Å². The minimum atomic E-state index is -0.515. The van der Waals surface area contributed by atoms with Crippen LogP contribution in [-0.2, 0) is 19.1 Å². The Labute approximate surface area is 126 Å². The average molecular weight is 294 g/mol. The van der Waals surface area contributed by atoms with Crippen LogP contribution in [0.5, 0.6) is 0 Å². The second-order valence-electron chi connectivity index (χ2n) is 6.91. The normalized spacial score (nSPS) is 33.3. The van der Waals surface area contributed by atoms with Gasteiger partial charge in [-0.05, 0) is 44.4 Å². The van der Waals surface area contributed by atoms with Gasteiger partial charge in [0, 0.05) is 5.57 Å². The highest BCUT2D eigenvalue weighted by Gasteiger charge is 2.39. The van der Waals surface area contributed by atoms with E-state index in [2.05, 4.69) is 20.8 Å². The summed E-state index contributed by atoms with van der Waals surface area (Å²) >= 11 is 0. The molecule has 0 aromatic carbocycles. The standard InChI is InChI=1S/C17H26O4/c1-9(2)13-7-6-10(3)8-14(13)16(18)21-15-11(4)12(5)20-17(15)19/h9-10,12-14H,6-8H2,1-5H3. The molecule has 0 N–H and O–H groups in total. The molecule has 1 heterocycles. The summed E-state index contributed by atoms with van der Waals surface area (Å²) in [6, 6.07) is 0. The van der Waals surface area contributed by atoms with Crippen LogP contribution in [0, 0.1) is 23.7 Å². The molecule has 0 radical (unpaired) electrons. The Kier molecular flexibility index (Phi) is 4.74. The molecule has 0 saturated heterocycles. The zero-order chi connectivity index (χ0) is 15.7. The van der Waals surface area contributed by atoms with Gasteiger partial charge in [-0.15, -0.1) is 0 Å². The highest BCUT2D eigenvalue weighted by molar-refractivity contribution is 5.93. The quantitative estimate of drug-likeness (QED) is 0.748. The second-order valence-corrected chi connectivity index (χ2v) is 6.91. The lowest BCUT2D eigenvalue weighted by Crippen LogP contribution is -2.34. The number of cyclic esters (lactones) is 1. The Hall–Kier alpha value is -1.32. The second kappa shape index (κ2) is 6.20. The van der Waals surface area contributed by atoms with E-state index < -0.39 is 5.97 Å². The summed E-state index contributed by atoms with van der Waals surface area (Å²) in [6.45, 7) is 10.0. The van der Waals surface area contributed by atoms with Gasteiger partial charge in [0.25, 0.3) is 0 Å². The Balaban J connectivity index is 2.12. The third-order valence-corrected chi connectivity index (χ3v) is 4.96. The number of rotatable bonds is 3. The van der Waals surface area contributed by atoms with Gasteiger partial charge in [-0.1, -0.05) is 27.2 Å². The van der Waals surface area contributed by atoms with Crippen molar-refractivity contribution in [1.82, 2.24) is 0 Å². The summed E-state index contributed by atoms with van der Waals surface area (Å²) in [6.07, 6.45) is 2.76. The third-order valence-electron chi connectivity index (χ3n) is 4.96.